The van der Waals surface area contributed by atoms with Gasteiger partial charge in [0, 0.05) is 18.6 Å². The summed E-state index contributed by atoms with van der Waals surface area (Å²) in [6.45, 7) is 2.40. The van der Waals surface area contributed by atoms with Crippen molar-refractivity contribution in [2.45, 2.75) is 6.92 Å². The van der Waals surface area contributed by atoms with E-state index in [4.69, 9.17) is 16.3 Å². The van der Waals surface area contributed by atoms with E-state index < -0.39 is 0 Å². The summed E-state index contributed by atoms with van der Waals surface area (Å²) in [5, 5.41) is 0.543. The molecule has 0 N–H and O–H groups in total. The van der Waals surface area contributed by atoms with E-state index in [0.29, 0.717) is 28.5 Å². The lowest BCUT2D eigenvalue weighted by atomic mass is 10.0. The molecule has 2 nitrogen and oxygen atoms in total. The van der Waals surface area contributed by atoms with Gasteiger partial charge in [-0.25, -0.2) is 0 Å². The van der Waals surface area contributed by atoms with E-state index in [2.05, 4.69) is 38.5 Å². The Morgan fingerprint density at radius 1 is 1.25 bits per heavy atom. The molecule has 5 heteroatoms. The summed E-state index contributed by atoms with van der Waals surface area (Å²) in [5.74, 6) is 0.484. The van der Waals surface area contributed by atoms with Gasteiger partial charge in [0.2, 0.25) is 0 Å². The average molecular weight is 466 g/mol. The summed E-state index contributed by atoms with van der Waals surface area (Å²) in [5.41, 5.74) is 1.11. The van der Waals surface area contributed by atoms with Crippen LogP contribution in [-0.4, -0.2) is 12.4 Å². The minimum Gasteiger partial charge on any atom is -0.493 e. The summed E-state index contributed by atoms with van der Waals surface area (Å²) in [4.78, 5) is 12.7. The third-order valence-electron chi connectivity index (χ3n) is 2.66. The van der Waals surface area contributed by atoms with Gasteiger partial charge in [-0.05, 0) is 65.9 Å². The lowest BCUT2D eigenvalue weighted by Gasteiger charge is -2.11. The molecule has 0 heterocycles. The molecule has 0 aliphatic carbocycles. The Balaban J connectivity index is 2.52. The third-order valence-corrected chi connectivity index (χ3v) is 4.33. The summed E-state index contributed by atoms with van der Waals surface area (Å²) < 4.78 is 7.22. The molecule has 104 valence electrons. The van der Waals surface area contributed by atoms with E-state index in [1.54, 1.807) is 24.3 Å². The molecule has 0 aromatic heterocycles. The highest BCUT2D eigenvalue weighted by Gasteiger charge is 2.18. The van der Waals surface area contributed by atoms with Crippen LogP contribution in [0.4, 0.5) is 0 Å². The van der Waals surface area contributed by atoms with Gasteiger partial charge in [-0.15, -0.1) is 0 Å². The van der Waals surface area contributed by atoms with Crippen LogP contribution in [0.5, 0.6) is 5.75 Å². The average Bonchev–Trinajstić information content (AvgIpc) is 2.43. The zero-order valence-corrected chi connectivity index (χ0v) is 15.1. The number of benzene rings is 2. The van der Waals surface area contributed by atoms with Crippen LogP contribution in [0.15, 0.2) is 40.9 Å². The number of ether oxygens (including phenoxy) is 1. The molecule has 0 aliphatic rings. The molecule has 2 aromatic rings. The smallest absolute Gasteiger partial charge is 0.197 e. The van der Waals surface area contributed by atoms with Crippen LogP contribution in [0.25, 0.3) is 0 Å². The van der Waals surface area contributed by atoms with Crippen molar-refractivity contribution in [3.05, 3.63) is 60.6 Å². The van der Waals surface area contributed by atoms with Gasteiger partial charge >= 0.3 is 0 Å². The summed E-state index contributed by atoms with van der Waals surface area (Å²) in [6.07, 6.45) is 0. The second kappa shape index (κ2) is 6.91. The minimum absolute atomic E-state index is 0.0957. The monoisotopic (exact) mass is 464 g/mol. The van der Waals surface area contributed by atoms with Crippen molar-refractivity contribution in [2.75, 3.05) is 6.61 Å². The van der Waals surface area contributed by atoms with Crippen LogP contribution in [0.2, 0.25) is 5.02 Å². The van der Waals surface area contributed by atoms with Gasteiger partial charge in [0.05, 0.1) is 12.2 Å². The first-order valence-electron chi connectivity index (χ1n) is 5.95. The van der Waals surface area contributed by atoms with Gasteiger partial charge in [0.15, 0.2) is 5.78 Å². The van der Waals surface area contributed by atoms with E-state index in [1.165, 1.54) is 0 Å². The highest BCUT2D eigenvalue weighted by Crippen LogP contribution is 2.28. The molecular weight excluding hydrogens is 454 g/mol. The Morgan fingerprint density at radius 3 is 2.70 bits per heavy atom. The van der Waals surface area contributed by atoms with E-state index in [-0.39, 0.29) is 5.78 Å². The number of carbonyl (C=O) groups excluding carboxylic acids is 1. The summed E-state index contributed by atoms with van der Waals surface area (Å²) >= 11 is 11.5. The molecule has 0 bridgehead atoms. The lowest BCUT2D eigenvalue weighted by molar-refractivity contribution is 0.103. The second-order valence-corrected chi connectivity index (χ2v) is 6.54. The normalized spacial score (nSPS) is 10.4. The largest absolute Gasteiger partial charge is 0.493 e. The van der Waals surface area contributed by atoms with Crippen molar-refractivity contribution in [1.82, 2.24) is 0 Å². The molecule has 0 radical (unpaired) electrons. The van der Waals surface area contributed by atoms with Crippen LogP contribution in [0.1, 0.15) is 22.8 Å². The number of rotatable bonds is 4. The zero-order chi connectivity index (χ0) is 14.7. The molecular formula is C15H11BrClIO2. The molecule has 0 atom stereocenters. The Labute approximate surface area is 144 Å². The number of halogens is 3. The molecule has 20 heavy (non-hydrogen) atoms. The maximum absolute atomic E-state index is 12.7. The molecule has 0 saturated carbocycles. The maximum Gasteiger partial charge on any atom is 0.197 e. The van der Waals surface area contributed by atoms with E-state index >= 15 is 0 Å². The van der Waals surface area contributed by atoms with Crippen molar-refractivity contribution < 1.29 is 9.53 Å². The quantitative estimate of drug-likeness (QED) is 0.450. The van der Waals surface area contributed by atoms with Crippen LogP contribution >= 0.6 is 50.1 Å². The van der Waals surface area contributed by atoms with Crippen LogP contribution in [0.3, 0.4) is 0 Å². The maximum atomic E-state index is 12.7. The Bertz CT molecular complexity index is 658. The summed E-state index contributed by atoms with van der Waals surface area (Å²) in [6, 6.07) is 10.7. The molecule has 0 saturated heterocycles. The van der Waals surface area contributed by atoms with Gasteiger partial charge in [0.25, 0.3) is 0 Å². The molecule has 0 unspecified atom stereocenters. The first-order valence-corrected chi connectivity index (χ1v) is 8.20. The first-order chi connectivity index (χ1) is 9.52. The highest BCUT2D eigenvalue weighted by atomic mass is 127. The molecule has 0 aliphatic heterocycles. The van der Waals surface area contributed by atoms with E-state index in [0.717, 1.165) is 8.04 Å². The van der Waals surface area contributed by atoms with Crippen molar-refractivity contribution in [3.8, 4) is 5.75 Å². The zero-order valence-electron chi connectivity index (χ0n) is 10.6. The highest BCUT2D eigenvalue weighted by molar-refractivity contribution is 14.1. The number of ketones is 1. The number of hydrogen-bond acceptors (Lipinski definition) is 2. The van der Waals surface area contributed by atoms with Crippen LogP contribution in [0, 0.1) is 3.57 Å². The number of carbonyl (C=O) groups is 1. The molecule has 2 aromatic carbocycles. The van der Waals surface area contributed by atoms with Crippen molar-refractivity contribution in [2.24, 2.45) is 0 Å². The third kappa shape index (κ3) is 3.54. The number of hydrogen-bond donors (Lipinski definition) is 0. The molecule has 0 amide bonds. The Hall–Kier alpha value is -0.590. The standard InChI is InChI=1S/C15H11BrClIO2/c1-2-20-14-6-3-9(16)7-12(14)15(19)11-8-10(17)4-5-13(11)18/h3-8H,2H2,1H3. The van der Waals surface area contributed by atoms with E-state index in [9.17, 15) is 4.79 Å². The van der Waals surface area contributed by atoms with Crippen LogP contribution < -0.4 is 4.74 Å². The van der Waals surface area contributed by atoms with Gasteiger partial charge in [-0.3, -0.25) is 4.79 Å². The molecule has 0 fully saturated rings. The van der Waals surface area contributed by atoms with Gasteiger partial charge in [0.1, 0.15) is 5.75 Å². The van der Waals surface area contributed by atoms with Crippen LogP contribution in [-0.2, 0) is 0 Å². The molecule has 2 rings (SSSR count). The van der Waals surface area contributed by atoms with E-state index in [1.807, 2.05) is 19.1 Å². The molecule has 0 spiro atoms. The van der Waals surface area contributed by atoms with Gasteiger partial charge < -0.3 is 4.74 Å². The second-order valence-electron chi connectivity index (χ2n) is 4.03. The van der Waals surface area contributed by atoms with Crippen molar-refractivity contribution >= 4 is 55.9 Å². The fourth-order valence-electron chi connectivity index (χ4n) is 1.78. The SMILES string of the molecule is CCOc1ccc(Br)cc1C(=O)c1cc(Cl)ccc1I. The lowest BCUT2D eigenvalue weighted by Crippen LogP contribution is -2.07. The topological polar surface area (TPSA) is 26.3 Å². The predicted molar refractivity (Wildman–Crippen MR) is 92.9 cm³/mol. The van der Waals surface area contributed by atoms with Crippen molar-refractivity contribution in [3.63, 3.8) is 0 Å². The Kier molecular flexibility index (Phi) is 5.46. The fraction of sp³-hybridized carbons (Fsp3) is 0.133. The fourth-order valence-corrected chi connectivity index (χ4v) is 2.89. The first kappa shape index (κ1) is 15.8. The van der Waals surface area contributed by atoms with Gasteiger partial charge in [-0.2, -0.15) is 0 Å². The summed E-state index contributed by atoms with van der Waals surface area (Å²) in [7, 11) is 0. The Morgan fingerprint density at radius 2 is 2.00 bits per heavy atom. The van der Waals surface area contributed by atoms with Crippen molar-refractivity contribution in [1.29, 1.82) is 0 Å². The predicted octanol–water partition coefficient (Wildman–Crippen LogP) is 5.34. The van der Waals surface area contributed by atoms with Gasteiger partial charge in [-0.1, -0.05) is 27.5 Å². The minimum atomic E-state index is -0.0957.